The van der Waals surface area contributed by atoms with Gasteiger partial charge in [-0.05, 0) is 24.6 Å². The van der Waals surface area contributed by atoms with Crippen LogP contribution in [0.4, 0.5) is 5.69 Å². The first-order chi connectivity index (χ1) is 9.95. The fourth-order valence-electron chi connectivity index (χ4n) is 2.11. The fourth-order valence-corrected chi connectivity index (χ4v) is 2.39. The number of rotatable bonds is 4. The van der Waals surface area contributed by atoms with E-state index in [1.165, 1.54) is 0 Å². The van der Waals surface area contributed by atoms with E-state index in [2.05, 4.69) is 5.32 Å². The van der Waals surface area contributed by atoms with Gasteiger partial charge in [0.2, 0.25) is 5.91 Å². The van der Waals surface area contributed by atoms with E-state index in [0.29, 0.717) is 23.9 Å². The Kier molecular flexibility index (Phi) is 5.17. The monoisotopic (exact) mass is 312 g/mol. The Morgan fingerprint density at radius 2 is 2.29 bits per heavy atom. The summed E-state index contributed by atoms with van der Waals surface area (Å²) in [6, 6.07) is 5.37. The number of aryl methyl sites for hydroxylation is 1. The quantitative estimate of drug-likeness (QED) is 0.878. The number of morpholine rings is 1. The van der Waals surface area contributed by atoms with Gasteiger partial charge in [0.05, 0.1) is 23.9 Å². The van der Waals surface area contributed by atoms with E-state index in [4.69, 9.17) is 21.4 Å². The van der Waals surface area contributed by atoms with Crippen LogP contribution in [0.1, 0.15) is 5.56 Å². The maximum Gasteiger partial charge on any atom is 0.334 e. The van der Waals surface area contributed by atoms with Crippen LogP contribution in [0.2, 0.25) is 5.02 Å². The summed E-state index contributed by atoms with van der Waals surface area (Å²) in [5.74, 6) is -1.24. The summed E-state index contributed by atoms with van der Waals surface area (Å²) in [6.07, 6.45) is -0.880. The molecule has 6 nitrogen and oxygen atoms in total. The topological polar surface area (TPSA) is 78.9 Å². The van der Waals surface area contributed by atoms with Crippen molar-refractivity contribution in [3.05, 3.63) is 28.8 Å². The molecule has 21 heavy (non-hydrogen) atoms. The van der Waals surface area contributed by atoms with Crippen LogP contribution in [0.15, 0.2) is 18.2 Å². The molecule has 0 radical (unpaired) electrons. The zero-order valence-corrected chi connectivity index (χ0v) is 12.4. The van der Waals surface area contributed by atoms with Crippen LogP contribution < -0.4 is 5.32 Å². The Hall–Kier alpha value is -1.63. The highest BCUT2D eigenvalue weighted by atomic mass is 35.5. The maximum absolute atomic E-state index is 12.0. The molecule has 0 spiro atoms. The SMILES string of the molecule is Cc1ccc(NC(=O)CN2CCOC(C(=O)O)C2)c(Cl)c1. The number of carboxylic acid groups (broad SMARTS) is 1. The van der Waals surface area contributed by atoms with Crippen LogP contribution in [-0.4, -0.2) is 54.2 Å². The number of ether oxygens (including phenoxy) is 1. The lowest BCUT2D eigenvalue weighted by Gasteiger charge is -2.30. The standard InChI is InChI=1S/C14H17ClN2O4/c1-9-2-3-11(10(15)6-9)16-13(18)8-17-4-5-21-12(7-17)14(19)20/h2-3,6,12H,4-5,7-8H2,1H3,(H,16,18)(H,19,20). The predicted octanol–water partition coefficient (Wildman–Crippen LogP) is 1.37. The summed E-state index contributed by atoms with van der Waals surface area (Å²) in [5.41, 5.74) is 1.56. The minimum absolute atomic E-state index is 0.108. The van der Waals surface area contributed by atoms with E-state index in [9.17, 15) is 9.59 Å². The van der Waals surface area contributed by atoms with Gasteiger partial charge in [-0.25, -0.2) is 4.79 Å². The van der Waals surface area contributed by atoms with Crippen LogP contribution in [0.25, 0.3) is 0 Å². The van der Waals surface area contributed by atoms with Gasteiger partial charge in [-0.15, -0.1) is 0 Å². The number of aliphatic carboxylic acids is 1. The molecule has 1 aromatic carbocycles. The number of anilines is 1. The smallest absolute Gasteiger partial charge is 0.334 e. The van der Waals surface area contributed by atoms with Crippen molar-refractivity contribution in [3.8, 4) is 0 Å². The summed E-state index contributed by atoms with van der Waals surface area (Å²) in [4.78, 5) is 24.6. The molecule has 1 unspecified atom stereocenters. The Bertz CT molecular complexity index is 550. The maximum atomic E-state index is 12.0. The van der Waals surface area contributed by atoms with Crippen LogP contribution in [-0.2, 0) is 14.3 Å². The predicted molar refractivity (Wildman–Crippen MR) is 78.6 cm³/mol. The first kappa shape index (κ1) is 15.8. The number of halogens is 1. The van der Waals surface area contributed by atoms with Crippen molar-refractivity contribution in [1.29, 1.82) is 0 Å². The van der Waals surface area contributed by atoms with Crippen LogP contribution in [0, 0.1) is 6.92 Å². The van der Waals surface area contributed by atoms with Crippen molar-refractivity contribution in [1.82, 2.24) is 4.90 Å². The largest absolute Gasteiger partial charge is 0.479 e. The Morgan fingerprint density at radius 3 is 2.95 bits per heavy atom. The second-order valence-corrected chi connectivity index (χ2v) is 5.37. The number of carbonyl (C=O) groups is 2. The van der Waals surface area contributed by atoms with Gasteiger partial charge in [0.15, 0.2) is 6.10 Å². The highest BCUT2D eigenvalue weighted by molar-refractivity contribution is 6.33. The lowest BCUT2D eigenvalue weighted by atomic mass is 10.2. The third kappa shape index (κ3) is 4.42. The van der Waals surface area contributed by atoms with Crippen molar-refractivity contribution in [2.24, 2.45) is 0 Å². The van der Waals surface area contributed by atoms with Crippen molar-refractivity contribution in [3.63, 3.8) is 0 Å². The molecule has 1 aromatic rings. The average molecular weight is 313 g/mol. The summed E-state index contributed by atoms with van der Waals surface area (Å²) < 4.78 is 5.11. The van der Waals surface area contributed by atoms with Gasteiger partial charge >= 0.3 is 5.97 Å². The normalized spacial score (nSPS) is 19.2. The molecule has 0 aliphatic carbocycles. The molecular formula is C14H17ClN2O4. The molecule has 1 heterocycles. The minimum Gasteiger partial charge on any atom is -0.479 e. The van der Waals surface area contributed by atoms with Gasteiger partial charge in [-0.1, -0.05) is 17.7 Å². The molecule has 7 heteroatoms. The Labute approximate surface area is 127 Å². The van der Waals surface area contributed by atoms with Crippen molar-refractivity contribution >= 4 is 29.2 Å². The van der Waals surface area contributed by atoms with E-state index in [1.54, 1.807) is 17.0 Å². The second-order valence-electron chi connectivity index (χ2n) is 4.96. The number of hydrogen-bond donors (Lipinski definition) is 2. The van der Waals surface area contributed by atoms with Crippen LogP contribution >= 0.6 is 11.6 Å². The summed E-state index contributed by atoms with van der Waals surface area (Å²) in [7, 11) is 0. The first-order valence-electron chi connectivity index (χ1n) is 6.58. The summed E-state index contributed by atoms with van der Waals surface area (Å²) in [6.45, 7) is 3.05. The number of nitrogens with one attached hydrogen (secondary N) is 1. The van der Waals surface area contributed by atoms with Gasteiger partial charge in [0.25, 0.3) is 0 Å². The Morgan fingerprint density at radius 1 is 1.52 bits per heavy atom. The number of nitrogens with zero attached hydrogens (tertiary/aromatic N) is 1. The Balaban J connectivity index is 1.91. The van der Waals surface area contributed by atoms with Gasteiger partial charge in [-0.2, -0.15) is 0 Å². The molecule has 114 valence electrons. The van der Waals surface area contributed by atoms with Crippen molar-refractivity contribution in [2.45, 2.75) is 13.0 Å². The number of carbonyl (C=O) groups excluding carboxylic acids is 1. The van der Waals surface area contributed by atoms with Gasteiger partial charge in [-0.3, -0.25) is 9.69 Å². The third-order valence-electron chi connectivity index (χ3n) is 3.19. The molecule has 1 aliphatic heterocycles. The fraction of sp³-hybridized carbons (Fsp3) is 0.429. The van der Waals surface area contributed by atoms with E-state index >= 15 is 0 Å². The minimum atomic E-state index is -1.01. The molecular weight excluding hydrogens is 296 g/mol. The lowest BCUT2D eigenvalue weighted by Crippen LogP contribution is -2.48. The lowest BCUT2D eigenvalue weighted by molar-refractivity contribution is -0.156. The van der Waals surface area contributed by atoms with Crippen molar-refractivity contribution in [2.75, 3.05) is 31.6 Å². The second kappa shape index (κ2) is 6.89. The average Bonchev–Trinajstić information content (AvgIpc) is 2.42. The molecule has 0 aromatic heterocycles. The van der Waals surface area contributed by atoms with E-state index in [0.717, 1.165) is 5.56 Å². The van der Waals surface area contributed by atoms with Gasteiger partial charge in [0.1, 0.15) is 0 Å². The highest BCUT2D eigenvalue weighted by Gasteiger charge is 2.27. The van der Waals surface area contributed by atoms with Gasteiger partial charge < -0.3 is 15.2 Å². The molecule has 1 saturated heterocycles. The molecule has 0 bridgehead atoms. The molecule has 1 aliphatic rings. The summed E-state index contributed by atoms with van der Waals surface area (Å²) in [5, 5.41) is 12.1. The number of hydrogen-bond acceptors (Lipinski definition) is 4. The summed E-state index contributed by atoms with van der Waals surface area (Å²) >= 11 is 6.06. The number of carboxylic acids is 1. The number of amides is 1. The van der Waals surface area contributed by atoms with Crippen molar-refractivity contribution < 1.29 is 19.4 Å². The molecule has 1 amide bonds. The zero-order valence-electron chi connectivity index (χ0n) is 11.6. The molecule has 1 atom stereocenters. The third-order valence-corrected chi connectivity index (χ3v) is 3.50. The highest BCUT2D eigenvalue weighted by Crippen LogP contribution is 2.22. The molecule has 2 rings (SSSR count). The van der Waals surface area contributed by atoms with Crippen LogP contribution in [0.3, 0.4) is 0 Å². The van der Waals surface area contributed by atoms with E-state index in [-0.39, 0.29) is 19.0 Å². The molecule has 2 N–H and O–H groups in total. The van der Waals surface area contributed by atoms with E-state index in [1.807, 2.05) is 13.0 Å². The van der Waals surface area contributed by atoms with E-state index < -0.39 is 12.1 Å². The van der Waals surface area contributed by atoms with Crippen LogP contribution in [0.5, 0.6) is 0 Å². The van der Waals surface area contributed by atoms with Gasteiger partial charge in [0, 0.05) is 13.1 Å². The number of benzene rings is 1. The zero-order chi connectivity index (χ0) is 15.4. The molecule has 1 fully saturated rings. The molecule has 0 saturated carbocycles. The first-order valence-corrected chi connectivity index (χ1v) is 6.96.